The molecule has 0 unspecified atom stereocenters. The van der Waals surface area contributed by atoms with Gasteiger partial charge < -0.3 is 10.1 Å². The minimum atomic E-state index is -0.164. The highest BCUT2D eigenvalue weighted by Gasteiger charge is 2.11. The lowest BCUT2D eigenvalue weighted by atomic mass is 9.93. The highest BCUT2D eigenvalue weighted by molar-refractivity contribution is 5.71. The number of carbonyl (C=O) groups is 1. The summed E-state index contributed by atoms with van der Waals surface area (Å²) < 4.78 is 5.07. The molecule has 0 aromatic heterocycles. The maximum Gasteiger partial charge on any atom is 0.319 e. The first kappa shape index (κ1) is 13.4. The molecular weight excluding hydrogens is 178 g/mol. The summed E-state index contributed by atoms with van der Waals surface area (Å²) in [5.41, 5.74) is 0.228. The van der Waals surface area contributed by atoms with Crippen LogP contribution < -0.4 is 5.32 Å². The molecule has 0 rings (SSSR count). The summed E-state index contributed by atoms with van der Waals surface area (Å²) in [6, 6.07) is 0.324. The van der Waals surface area contributed by atoms with Crippen molar-refractivity contribution in [2.24, 2.45) is 5.41 Å². The van der Waals surface area contributed by atoms with Crippen molar-refractivity contribution in [3.8, 4) is 0 Å². The number of ether oxygens (including phenoxy) is 1. The molecule has 0 bridgehead atoms. The number of nitrogens with one attached hydrogen (secondary N) is 1. The first-order valence-electron chi connectivity index (χ1n) is 5.20. The third-order valence-electron chi connectivity index (χ3n) is 1.77. The molecule has 0 aromatic carbocycles. The second-order valence-electron chi connectivity index (χ2n) is 5.07. The Bertz CT molecular complexity index is 171. The normalized spacial score (nSPS) is 11.9. The topological polar surface area (TPSA) is 38.3 Å². The van der Waals surface area contributed by atoms with E-state index in [9.17, 15) is 4.79 Å². The molecule has 0 aliphatic rings. The van der Waals surface area contributed by atoms with E-state index in [1.165, 1.54) is 0 Å². The number of hydrogen-bond donors (Lipinski definition) is 1. The molecule has 0 atom stereocenters. The summed E-state index contributed by atoms with van der Waals surface area (Å²) in [6.07, 6.45) is 0.903. The molecule has 0 aliphatic carbocycles. The first-order chi connectivity index (χ1) is 6.31. The van der Waals surface area contributed by atoms with Gasteiger partial charge in [-0.15, -0.1) is 0 Å². The Balaban J connectivity index is 3.46. The SMILES string of the molecule is CC(C)NCC(=O)OCCC(C)(C)C. The van der Waals surface area contributed by atoms with E-state index < -0.39 is 0 Å². The minimum absolute atomic E-state index is 0.164. The molecule has 0 amide bonds. The van der Waals surface area contributed by atoms with Crippen molar-refractivity contribution < 1.29 is 9.53 Å². The number of rotatable bonds is 5. The molecule has 0 saturated carbocycles. The zero-order valence-corrected chi connectivity index (χ0v) is 10.0. The van der Waals surface area contributed by atoms with E-state index in [0.29, 0.717) is 19.2 Å². The molecular formula is C11H23NO2. The van der Waals surface area contributed by atoms with E-state index in [-0.39, 0.29) is 11.4 Å². The molecule has 0 fully saturated rings. The molecule has 0 aliphatic heterocycles. The summed E-state index contributed by atoms with van der Waals surface area (Å²) >= 11 is 0. The van der Waals surface area contributed by atoms with E-state index in [4.69, 9.17) is 4.74 Å². The zero-order valence-electron chi connectivity index (χ0n) is 10.0. The zero-order chi connectivity index (χ0) is 11.2. The fraction of sp³-hybridized carbons (Fsp3) is 0.909. The lowest BCUT2D eigenvalue weighted by molar-refractivity contribution is -0.143. The molecule has 0 heterocycles. The minimum Gasteiger partial charge on any atom is -0.465 e. The summed E-state index contributed by atoms with van der Waals surface area (Å²) in [5.74, 6) is -0.164. The molecule has 0 aromatic rings. The second-order valence-corrected chi connectivity index (χ2v) is 5.07. The lowest BCUT2D eigenvalue weighted by Crippen LogP contribution is -2.30. The van der Waals surface area contributed by atoms with Gasteiger partial charge in [-0.1, -0.05) is 34.6 Å². The summed E-state index contributed by atoms with van der Waals surface area (Å²) in [6.45, 7) is 11.2. The summed E-state index contributed by atoms with van der Waals surface area (Å²) in [7, 11) is 0. The Labute approximate surface area is 87.2 Å². The molecule has 0 radical (unpaired) electrons. The van der Waals surface area contributed by atoms with Crippen molar-refractivity contribution >= 4 is 5.97 Å². The molecule has 14 heavy (non-hydrogen) atoms. The standard InChI is InChI=1S/C11H23NO2/c1-9(2)12-8-10(13)14-7-6-11(3,4)5/h9,12H,6-8H2,1-5H3. The van der Waals surface area contributed by atoms with Crippen LogP contribution in [0.15, 0.2) is 0 Å². The van der Waals surface area contributed by atoms with Gasteiger partial charge in [0.15, 0.2) is 0 Å². The van der Waals surface area contributed by atoms with Crippen LogP contribution in [0.1, 0.15) is 41.0 Å². The van der Waals surface area contributed by atoms with Gasteiger partial charge in [-0.25, -0.2) is 0 Å². The van der Waals surface area contributed by atoms with Gasteiger partial charge >= 0.3 is 5.97 Å². The van der Waals surface area contributed by atoms with Crippen molar-refractivity contribution in [1.29, 1.82) is 0 Å². The van der Waals surface area contributed by atoms with E-state index in [2.05, 4.69) is 26.1 Å². The molecule has 3 nitrogen and oxygen atoms in total. The molecule has 3 heteroatoms. The van der Waals surface area contributed by atoms with E-state index >= 15 is 0 Å². The Hall–Kier alpha value is -0.570. The molecule has 1 N–H and O–H groups in total. The van der Waals surface area contributed by atoms with Crippen molar-refractivity contribution in [1.82, 2.24) is 5.32 Å². The van der Waals surface area contributed by atoms with Crippen LogP contribution >= 0.6 is 0 Å². The van der Waals surface area contributed by atoms with Gasteiger partial charge in [-0.05, 0) is 11.8 Å². The smallest absolute Gasteiger partial charge is 0.319 e. The van der Waals surface area contributed by atoms with E-state index in [1.54, 1.807) is 0 Å². The maximum atomic E-state index is 11.1. The van der Waals surface area contributed by atoms with Crippen molar-refractivity contribution in [3.05, 3.63) is 0 Å². The van der Waals surface area contributed by atoms with Crippen LogP contribution in [0.5, 0.6) is 0 Å². The summed E-state index contributed by atoms with van der Waals surface area (Å²) in [5, 5.41) is 3.02. The van der Waals surface area contributed by atoms with E-state index in [1.807, 2.05) is 13.8 Å². The molecule has 84 valence electrons. The van der Waals surface area contributed by atoms with Gasteiger partial charge in [0.1, 0.15) is 0 Å². The third kappa shape index (κ3) is 9.52. The average Bonchev–Trinajstić information content (AvgIpc) is 1.98. The molecule has 0 saturated heterocycles. The van der Waals surface area contributed by atoms with Crippen molar-refractivity contribution in [2.75, 3.05) is 13.2 Å². The Kier molecular flexibility index (Phi) is 5.77. The van der Waals surface area contributed by atoms with Gasteiger partial charge in [-0.2, -0.15) is 0 Å². The Morgan fingerprint density at radius 3 is 2.36 bits per heavy atom. The quantitative estimate of drug-likeness (QED) is 0.691. The maximum absolute atomic E-state index is 11.1. The van der Waals surface area contributed by atoms with Crippen LogP contribution in [0.3, 0.4) is 0 Å². The van der Waals surface area contributed by atoms with Crippen molar-refractivity contribution in [3.63, 3.8) is 0 Å². The predicted octanol–water partition coefficient (Wildman–Crippen LogP) is 1.96. The molecule has 0 spiro atoms. The number of esters is 1. The van der Waals surface area contributed by atoms with Gasteiger partial charge in [0.05, 0.1) is 13.2 Å². The van der Waals surface area contributed by atoms with Crippen LogP contribution in [-0.2, 0) is 9.53 Å². The van der Waals surface area contributed by atoms with Crippen LogP contribution in [0.2, 0.25) is 0 Å². The fourth-order valence-corrected chi connectivity index (χ4v) is 0.810. The lowest BCUT2D eigenvalue weighted by Gasteiger charge is -2.17. The third-order valence-corrected chi connectivity index (χ3v) is 1.77. The fourth-order valence-electron chi connectivity index (χ4n) is 0.810. The average molecular weight is 201 g/mol. The van der Waals surface area contributed by atoms with Gasteiger partial charge in [-0.3, -0.25) is 4.79 Å². The van der Waals surface area contributed by atoms with E-state index in [0.717, 1.165) is 6.42 Å². The number of carbonyl (C=O) groups excluding carboxylic acids is 1. The van der Waals surface area contributed by atoms with Gasteiger partial charge in [0.25, 0.3) is 0 Å². The van der Waals surface area contributed by atoms with Gasteiger partial charge in [0, 0.05) is 6.04 Å². The highest BCUT2D eigenvalue weighted by Crippen LogP contribution is 2.17. The number of hydrogen-bond acceptors (Lipinski definition) is 3. The highest BCUT2D eigenvalue weighted by atomic mass is 16.5. The monoisotopic (exact) mass is 201 g/mol. The van der Waals surface area contributed by atoms with Crippen LogP contribution in [0.4, 0.5) is 0 Å². The second kappa shape index (κ2) is 6.02. The largest absolute Gasteiger partial charge is 0.465 e. The van der Waals surface area contributed by atoms with Crippen molar-refractivity contribution in [2.45, 2.75) is 47.1 Å². The first-order valence-corrected chi connectivity index (χ1v) is 5.20. The van der Waals surface area contributed by atoms with Crippen LogP contribution in [0.25, 0.3) is 0 Å². The Morgan fingerprint density at radius 1 is 1.36 bits per heavy atom. The van der Waals surface area contributed by atoms with Crippen LogP contribution in [0, 0.1) is 5.41 Å². The van der Waals surface area contributed by atoms with Crippen LogP contribution in [-0.4, -0.2) is 25.2 Å². The summed E-state index contributed by atoms with van der Waals surface area (Å²) in [4.78, 5) is 11.1. The predicted molar refractivity (Wildman–Crippen MR) is 58.2 cm³/mol. The Morgan fingerprint density at radius 2 is 1.93 bits per heavy atom. The van der Waals surface area contributed by atoms with Gasteiger partial charge in [0.2, 0.25) is 0 Å².